The van der Waals surface area contributed by atoms with Gasteiger partial charge in [0, 0.05) is 24.9 Å². The molecule has 0 aliphatic rings. The van der Waals surface area contributed by atoms with Gasteiger partial charge in [-0.2, -0.15) is 0 Å². The van der Waals surface area contributed by atoms with E-state index < -0.39 is 0 Å². The van der Waals surface area contributed by atoms with Gasteiger partial charge in [0.2, 0.25) is 0 Å². The number of nitrogens with one attached hydrogen (secondary N) is 1. The van der Waals surface area contributed by atoms with Crippen LogP contribution in [0, 0.1) is 0 Å². The number of anilines is 2. The Morgan fingerprint density at radius 3 is 2.53 bits per heavy atom. The zero-order valence-corrected chi connectivity index (χ0v) is 13.3. The zero-order chi connectivity index (χ0) is 12.7. The van der Waals surface area contributed by atoms with Crippen LogP contribution in [0.5, 0.6) is 5.75 Å². The van der Waals surface area contributed by atoms with Crippen LogP contribution in [0.1, 0.15) is 20.3 Å². The molecule has 0 saturated heterocycles. The maximum absolute atomic E-state index is 5.68. The fourth-order valence-electron chi connectivity index (χ4n) is 1.47. The third-order valence-electron chi connectivity index (χ3n) is 2.31. The molecule has 0 heterocycles. The second kappa shape index (κ2) is 11.0. The van der Waals surface area contributed by atoms with Crippen LogP contribution in [0.25, 0.3) is 0 Å². The summed E-state index contributed by atoms with van der Waals surface area (Å²) in [7, 11) is 1.64. The van der Waals surface area contributed by atoms with Crippen molar-refractivity contribution in [2.45, 2.75) is 26.4 Å². The summed E-state index contributed by atoms with van der Waals surface area (Å²) in [5.74, 6) is 0.773. The van der Waals surface area contributed by atoms with E-state index in [0.29, 0.717) is 11.8 Å². The summed E-state index contributed by atoms with van der Waals surface area (Å²) in [5.41, 5.74) is 7.35. The van der Waals surface area contributed by atoms with Gasteiger partial charge >= 0.3 is 0 Å². The van der Waals surface area contributed by atoms with E-state index in [9.17, 15) is 0 Å². The number of nitrogen functional groups attached to an aromatic ring is 1. The third-order valence-corrected chi connectivity index (χ3v) is 2.31. The molecule has 19 heavy (non-hydrogen) atoms. The third kappa shape index (κ3) is 8.03. The quantitative estimate of drug-likeness (QED) is 0.599. The van der Waals surface area contributed by atoms with Gasteiger partial charge in [0.15, 0.2) is 0 Å². The molecule has 0 amide bonds. The summed E-state index contributed by atoms with van der Waals surface area (Å²) in [6, 6.07) is 5.60. The van der Waals surface area contributed by atoms with Gasteiger partial charge in [0.25, 0.3) is 0 Å². The monoisotopic (exact) mass is 310 g/mol. The maximum Gasteiger partial charge on any atom is 0.143 e. The van der Waals surface area contributed by atoms with Gasteiger partial charge in [0.05, 0.1) is 18.9 Å². The molecule has 0 unspecified atom stereocenters. The number of hydrogen-bond donors (Lipinski definition) is 2. The van der Waals surface area contributed by atoms with E-state index in [4.69, 9.17) is 15.2 Å². The Bertz CT molecular complexity index is 349. The summed E-state index contributed by atoms with van der Waals surface area (Å²) in [4.78, 5) is 0. The molecular weight excluding hydrogens is 287 g/mol. The summed E-state index contributed by atoms with van der Waals surface area (Å²) >= 11 is 0. The summed E-state index contributed by atoms with van der Waals surface area (Å²) in [6.45, 7) is 5.70. The minimum atomic E-state index is 0. The van der Waals surface area contributed by atoms with Gasteiger partial charge in [-0.05, 0) is 32.4 Å². The van der Waals surface area contributed by atoms with Crippen molar-refractivity contribution in [3.05, 3.63) is 18.2 Å². The van der Waals surface area contributed by atoms with Gasteiger partial charge in [0.1, 0.15) is 5.75 Å². The van der Waals surface area contributed by atoms with Crippen LogP contribution in [0.2, 0.25) is 0 Å². The van der Waals surface area contributed by atoms with Gasteiger partial charge in [-0.3, -0.25) is 0 Å². The standard InChI is InChI=1S/C13H22N2O2.2ClH/c1-10(2)17-8-4-7-15-12-6-5-11(14)9-13(12)16-3;;/h5-6,9-10,15H,4,7-8,14H2,1-3H3;2*1H. The highest BCUT2D eigenvalue weighted by Crippen LogP contribution is 2.26. The number of ether oxygens (including phenoxy) is 2. The van der Waals surface area contributed by atoms with E-state index >= 15 is 0 Å². The minimum Gasteiger partial charge on any atom is -0.495 e. The Morgan fingerprint density at radius 2 is 1.95 bits per heavy atom. The molecule has 6 heteroatoms. The molecule has 3 N–H and O–H groups in total. The summed E-state index contributed by atoms with van der Waals surface area (Å²) in [6.07, 6.45) is 1.26. The maximum atomic E-state index is 5.68. The summed E-state index contributed by atoms with van der Waals surface area (Å²) < 4.78 is 10.7. The van der Waals surface area contributed by atoms with Crippen LogP contribution in [0.3, 0.4) is 0 Å². The van der Waals surface area contributed by atoms with Crippen molar-refractivity contribution in [1.82, 2.24) is 0 Å². The Labute approximate surface area is 127 Å². The number of hydrogen-bond acceptors (Lipinski definition) is 4. The van der Waals surface area contributed by atoms with Crippen molar-refractivity contribution in [2.75, 3.05) is 31.3 Å². The lowest BCUT2D eigenvalue weighted by Gasteiger charge is -2.12. The lowest BCUT2D eigenvalue weighted by Crippen LogP contribution is -2.09. The van der Waals surface area contributed by atoms with Crippen molar-refractivity contribution < 1.29 is 9.47 Å². The first-order chi connectivity index (χ1) is 8.13. The van der Waals surface area contributed by atoms with Crippen molar-refractivity contribution in [1.29, 1.82) is 0 Å². The van der Waals surface area contributed by atoms with Crippen molar-refractivity contribution >= 4 is 36.2 Å². The molecule has 0 atom stereocenters. The topological polar surface area (TPSA) is 56.5 Å². The van der Waals surface area contributed by atoms with Crippen LogP contribution < -0.4 is 15.8 Å². The van der Waals surface area contributed by atoms with Crippen LogP contribution in [0.4, 0.5) is 11.4 Å². The first-order valence-electron chi connectivity index (χ1n) is 5.92. The van der Waals surface area contributed by atoms with E-state index in [0.717, 1.165) is 31.0 Å². The van der Waals surface area contributed by atoms with Crippen molar-refractivity contribution in [3.8, 4) is 5.75 Å². The van der Waals surface area contributed by atoms with E-state index in [1.54, 1.807) is 7.11 Å². The predicted octanol–water partition coefficient (Wildman–Crippen LogP) is 3.35. The molecule has 0 aliphatic heterocycles. The van der Waals surface area contributed by atoms with Crippen molar-refractivity contribution in [3.63, 3.8) is 0 Å². The average molecular weight is 311 g/mol. The normalized spacial score (nSPS) is 9.47. The smallest absolute Gasteiger partial charge is 0.143 e. The molecule has 0 fully saturated rings. The molecule has 0 aliphatic carbocycles. The number of methoxy groups -OCH3 is 1. The first kappa shape index (κ1) is 20.5. The van der Waals surface area contributed by atoms with Gasteiger partial charge in [-0.1, -0.05) is 0 Å². The molecule has 1 rings (SSSR count). The SMILES string of the molecule is COc1cc(N)ccc1NCCCOC(C)C.Cl.Cl. The Balaban J connectivity index is 0. The van der Waals surface area contributed by atoms with E-state index in [1.807, 2.05) is 32.0 Å². The highest BCUT2D eigenvalue weighted by Gasteiger charge is 2.02. The number of benzene rings is 1. The molecule has 0 saturated carbocycles. The Hall–Kier alpha value is -0.840. The fourth-order valence-corrected chi connectivity index (χ4v) is 1.47. The van der Waals surface area contributed by atoms with Crippen LogP contribution >= 0.6 is 24.8 Å². The van der Waals surface area contributed by atoms with Crippen LogP contribution in [-0.2, 0) is 4.74 Å². The first-order valence-corrected chi connectivity index (χ1v) is 5.92. The van der Waals surface area contributed by atoms with Crippen molar-refractivity contribution in [2.24, 2.45) is 0 Å². The second-order valence-corrected chi connectivity index (χ2v) is 4.16. The Kier molecular flexibility index (Phi) is 11.9. The largest absolute Gasteiger partial charge is 0.495 e. The molecule has 4 nitrogen and oxygen atoms in total. The van der Waals surface area contributed by atoms with E-state index in [2.05, 4.69) is 5.32 Å². The molecule has 0 radical (unpaired) electrons. The number of halogens is 2. The number of nitrogens with two attached hydrogens (primary N) is 1. The van der Waals surface area contributed by atoms with Gasteiger partial charge in [-0.15, -0.1) is 24.8 Å². The molecule has 1 aromatic rings. The van der Waals surface area contributed by atoms with E-state index in [-0.39, 0.29) is 24.8 Å². The molecule has 0 aromatic heterocycles. The zero-order valence-electron chi connectivity index (χ0n) is 11.6. The molecular formula is C13H24Cl2N2O2. The highest BCUT2D eigenvalue weighted by molar-refractivity contribution is 5.85. The Morgan fingerprint density at radius 1 is 1.26 bits per heavy atom. The molecule has 0 spiro atoms. The molecule has 0 bridgehead atoms. The fraction of sp³-hybridized carbons (Fsp3) is 0.538. The van der Waals surface area contributed by atoms with Gasteiger partial charge in [-0.25, -0.2) is 0 Å². The van der Waals surface area contributed by atoms with E-state index in [1.165, 1.54) is 0 Å². The predicted molar refractivity (Wildman–Crippen MR) is 86.1 cm³/mol. The lowest BCUT2D eigenvalue weighted by molar-refractivity contribution is 0.0787. The van der Waals surface area contributed by atoms with Crippen LogP contribution in [0.15, 0.2) is 18.2 Å². The average Bonchev–Trinajstić information content (AvgIpc) is 2.29. The molecule has 112 valence electrons. The second-order valence-electron chi connectivity index (χ2n) is 4.16. The summed E-state index contributed by atoms with van der Waals surface area (Å²) in [5, 5.41) is 3.30. The highest BCUT2D eigenvalue weighted by atomic mass is 35.5. The lowest BCUT2D eigenvalue weighted by atomic mass is 10.2. The minimum absolute atomic E-state index is 0. The van der Waals surface area contributed by atoms with Crippen LogP contribution in [-0.4, -0.2) is 26.4 Å². The number of rotatable bonds is 7. The molecule has 1 aromatic carbocycles. The van der Waals surface area contributed by atoms with Gasteiger partial charge < -0.3 is 20.5 Å².